The number of pyridine rings is 1. The van der Waals surface area contributed by atoms with Crippen LogP contribution in [-0.2, 0) is 13.0 Å². The van der Waals surface area contributed by atoms with E-state index in [0.29, 0.717) is 0 Å². The van der Waals surface area contributed by atoms with E-state index >= 15 is 0 Å². The maximum absolute atomic E-state index is 5.33. The van der Waals surface area contributed by atoms with E-state index in [-0.39, 0.29) is 0 Å². The molecule has 0 aliphatic carbocycles. The maximum Gasteiger partial charge on any atom is 0.180 e. The normalized spacial score (nSPS) is 13.9. The molecule has 0 spiro atoms. The van der Waals surface area contributed by atoms with Gasteiger partial charge in [-0.15, -0.1) is 15.3 Å². The number of hydrogen-bond acceptors (Lipinski definition) is 7. The second kappa shape index (κ2) is 6.12. The molecule has 8 heteroatoms. The Labute approximate surface area is 162 Å². The molecule has 142 valence electrons. The zero-order chi connectivity index (χ0) is 19.4. The summed E-state index contributed by atoms with van der Waals surface area (Å²) in [4.78, 5) is 7.03. The molecule has 5 heterocycles. The largest absolute Gasteiger partial charge is 0.361 e. The highest BCUT2D eigenvalue weighted by atomic mass is 16.5. The number of rotatable bonds is 2. The van der Waals surface area contributed by atoms with Crippen molar-refractivity contribution in [2.45, 2.75) is 40.7 Å². The van der Waals surface area contributed by atoms with E-state index in [1.807, 2.05) is 20.0 Å². The van der Waals surface area contributed by atoms with Crippen LogP contribution < -0.4 is 4.90 Å². The number of hydrogen-bond donors (Lipinski definition) is 0. The second-order valence-electron chi connectivity index (χ2n) is 7.37. The fourth-order valence-corrected chi connectivity index (χ4v) is 4.00. The Morgan fingerprint density at radius 1 is 1.11 bits per heavy atom. The first-order chi connectivity index (χ1) is 13.5. The van der Waals surface area contributed by atoms with Gasteiger partial charge in [-0.05, 0) is 39.3 Å². The molecular formula is C20H21N7O. The van der Waals surface area contributed by atoms with E-state index in [0.717, 1.165) is 70.4 Å². The van der Waals surface area contributed by atoms with Crippen LogP contribution in [0.2, 0.25) is 0 Å². The first-order valence-electron chi connectivity index (χ1n) is 9.36. The van der Waals surface area contributed by atoms with Gasteiger partial charge in [0, 0.05) is 53.7 Å². The van der Waals surface area contributed by atoms with Crippen LogP contribution in [0.5, 0.6) is 0 Å². The van der Waals surface area contributed by atoms with Crippen LogP contribution in [0, 0.1) is 27.7 Å². The fraction of sp³-hybridized carbons (Fsp3) is 0.350. The first kappa shape index (κ1) is 16.9. The van der Waals surface area contributed by atoms with Gasteiger partial charge in [0.25, 0.3) is 0 Å². The standard InChI is InChI=1S/C20H21N7O/c1-11-12(2)20(24-27-10-22-23-19(11)27)26-6-5-17-16(9-26)7-15(8-21-17)18-13(3)25-28-14(18)4/h7-8,10H,5-6,9H2,1-4H3. The Kier molecular flexibility index (Phi) is 3.68. The molecule has 0 radical (unpaired) electrons. The zero-order valence-electron chi connectivity index (χ0n) is 16.4. The molecule has 1 aliphatic heterocycles. The molecule has 0 N–H and O–H groups in total. The molecule has 1 aliphatic rings. The Morgan fingerprint density at radius 3 is 2.75 bits per heavy atom. The quantitative estimate of drug-likeness (QED) is 0.532. The second-order valence-corrected chi connectivity index (χ2v) is 7.37. The van der Waals surface area contributed by atoms with E-state index in [1.54, 1.807) is 10.8 Å². The van der Waals surface area contributed by atoms with Crippen molar-refractivity contribution >= 4 is 11.5 Å². The van der Waals surface area contributed by atoms with Gasteiger partial charge >= 0.3 is 0 Å². The summed E-state index contributed by atoms with van der Waals surface area (Å²) in [6.07, 6.45) is 4.47. The third-order valence-corrected chi connectivity index (χ3v) is 5.63. The molecule has 0 fully saturated rings. The highest BCUT2D eigenvalue weighted by Gasteiger charge is 2.23. The summed E-state index contributed by atoms with van der Waals surface area (Å²) < 4.78 is 7.09. The minimum absolute atomic E-state index is 0.764. The molecule has 0 bridgehead atoms. The minimum Gasteiger partial charge on any atom is -0.361 e. The molecule has 0 atom stereocenters. The van der Waals surface area contributed by atoms with Crippen molar-refractivity contribution in [3.8, 4) is 11.1 Å². The Balaban J connectivity index is 1.55. The minimum atomic E-state index is 0.764. The number of fused-ring (bicyclic) bond motifs is 2. The van der Waals surface area contributed by atoms with Gasteiger partial charge in [0.1, 0.15) is 12.1 Å². The van der Waals surface area contributed by atoms with E-state index < -0.39 is 0 Å². The van der Waals surface area contributed by atoms with Crippen LogP contribution in [0.4, 0.5) is 5.82 Å². The lowest BCUT2D eigenvalue weighted by Crippen LogP contribution is -2.32. The Hall–Kier alpha value is -3.29. The predicted octanol–water partition coefficient (Wildman–Crippen LogP) is 2.97. The summed E-state index contributed by atoms with van der Waals surface area (Å²) >= 11 is 0. The highest BCUT2D eigenvalue weighted by Crippen LogP contribution is 2.31. The lowest BCUT2D eigenvalue weighted by molar-refractivity contribution is 0.393. The van der Waals surface area contributed by atoms with Gasteiger partial charge in [-0.3, -0.25) is 4.98 Å². The van der Waals surface area contributed by atoms with E-state index in [9.17, 15) is 0 Å². The Bertz CT molecular complexity index is 1190. The number of anilines is 1. The van der Waals surface area contributed by atoms with Gasteiger partial charge < -0.3 is 9.42 Å². The number of aryl methyl sites for hydroxylation is 3. The maximum atomic E-state index is 5.33. The van der Waals surface area contributed by atoms with Gasteiger partial charge in [0.2, 0.25) is 0 Å². The van der Waals surface area contributed by atoms with Crippen LogP contribution >= 0.6 is 0 Å². The van der Waals surface area contributed by atoms with E-state index in [4.69, 9.17) is 14.6 Å². The molecule has 0 saturated carbocycles. The van der Waals surface area contributed by atoms with Gasteiger partial charge in [0.15, 0.2) is 11.5 Å². The molecular weight excluding hydrogens is 354 g/mol. The van der Waals surface area contributed by atoms with Crippen LogP contribution in [-0.4, -0.2) is 36.5 Å². The van der Waals surface area contributed by atoms with Gasteiger partial charge in [-0.1, -0.05) is 5.16 Å². The van der Waals surface area contributed by atoms with E-state index in [1.165, 1.54) is 5.56 Å². The summed E-state index contributed by atoms with van der Waals surface area (Å²) in [5.74, 6) is 1.79. The summed E-state index contributed by atoms with van der Waals surface area (Å²) in [6.45, 7) is 9.71. The topological polar surface area (TPSA) is 85.2 Å². The molecule has 28 heavy (non-hydrogen) atoms. The number of nitrogens with zero attached hydrogens (tertiary/aromatic N) is 7. The van der Waals surface area contributed by atoms with Crippen molar-refractivity contribution in [2.24, 2.45) is 0 Å². The molecule has 4 aromatic heterocycles. The molecule has 0 amide bonds. The van der Waals surface area contributed by atoms with Crippen molar-refractivity contribution < 1.29 is 4.52 Å². The summed E-state index contributed by atoms with van der Waals surface area (Å²) in [5.41, 5.74) is 8.38. The van der Waals surface area contributed by atoms with Crippen molar-refractivity contribution in [3.63, 3.8) is 0 Å². The van der Waals surface area contributed by atoms with E-state index in [2.05, 4.69) is 40.2 Å². The van der Waals surface area contributed by atoms with Crippen LogP contribution in [0.15, 0.2) is 23.1 Å². The average Bonchev–Trinajstić information content (AvgIpc) is 3.30. The third-order valence-electron chi connectivity index (χ3n) is 5.63. The average molecular weight is 375 g/mol. The highest BCUT2D eigenvalue weighted by molar-refractivity contribution is 5.68. The smallest absolute Gasteiger partial charge is 0.180 e. The molecule has 0 saturated heterocycles. The van der Waals surface area contributed by atoms with Crippen molar-refractivity contribution in [2.75, 3.05) is 11.4 Å². The lowest BCUT2D eigenvalue weighted by Gasteiger charge is -2.30. The fourth-order valence-electron chi connectivity index (χ4n) is 4.00. The molecule has 0 unspecified atom stereocenters. The molecule has 8 nitrogen and oxygen atoms in total. The zero-order valence-corrected chi connectivity index (χ0v) is 16.4. The number of aromatic nitrogens is 6. The monoisotopic (exact) mass is 375 g/mol. The SMILES string of the molecule is Cc1noc(C)c1-c1cnc2c(c1)CN(c1nn3cnnc3c(C)c1C)CC2. The Morgan fingerprint density at radius 2 is 1.96 bits per heavy atom. The molecule has 5 rings (SSSR count). The van der Waals surface area contributed by atoms with Crippen LogP contribution in [0.25, 0.3) is 16.8 Å². The molecule has 4 aromatic rings. The van der Waals surface area contributed by atoms with Crippen LogP contribution in [0.3, 0.4) is 0 Å². The van der Waals surface area contributed by atoms with Gasteiger partial charge in [-0.25, -0.2) is 0 Å². The third kappa shape index (κ3) is 2.48. The lowest BCUT2D eigenvalue weighted by atomic mass is 9.99. The van der Waals surface area contributed by atoms with Crippen molar-refractivity contribution in [1.29, 1.82) is 0 Å². The summed E-state index contributed by atoms with van der Waals surface area (Å²) in [6, 6.07) is 2.21. The van der Waals surface area contributed by atoms with Gasteiger partial charge in [-0.2, -0.15) is 4.52 Å². The predicted molar refractivity (Wildman–Crippen MR) is 104 cm³/mol. The van der Waals surface area contributed by atoms with Crippen LogP contribution in [0.1, 0.15) is 33.8 Å². The first-order valence-corrected chi connectivity index (χ1v) is 9.36. The molecule has 0 aromatic carbocycles. The summed E-state index contributed by atoms with van der Waals surface area (Å²) in [5, 5.41) is 17.0. The van der Waals surface area contributed by atoms with Crippen molar-refractivity contribution in [1.82, 2.24) is 30.0 Å². The van der Waals surface area contributed by atoms with Crippen molar-refractivity contribution in [3.05, 3.63) is 52.4 Å². The summed E-state index contributed by atoms with van der Waals surface area (Å²) in [7, 11) is 0. The van der Waals surface area contributed by atoms with Gasteiger partial charge in [0.05, 0.1) is 5.69 Å².